The van der Waals surface area contributed by atoms with Gasteiger partial charge in [-0.3, -0.25) is 0 Å². The van der Waals surface area contributed by atoms with E-state index in [1.54, 1.807) is 0 Å². The van der Waals surface area contributed by atoms with Crippen LogP contribution in [0.3, 0.4) is 0 Å². The summed E-state index contributed by atoms with van der Waals surface area (Å²) >= 11 is 0. The predicted octanol–water partition coefficient (Wildman–Crippen LogP) is -0.392. The van der Waals surface area contributed by atoms with Gasteiger partial charge in [-0.15, -0.1) is 4.68 Å². The lowest BCUT2D eigenvalue weighted by atomic mass is 10.5. The third-order valence-corrected chi connectivity index (χ3v) is 0.940. The van der Waals surface area contributed by atoms with Crippen molar-refractivity contribution in [2.75, 3.05) is 13.1 Å². The fraction of sp³-hybridized carbons (Fsp3) is 0.750. The lowest BCUT2D eigenvalue weighted by Gasteiger charge is -1.81. The van der Waals surface area contributed by atoms with Crippen LogP contribution in [0.2, 0.25) is 0 Å². The van der Waals surface area contributed by atoms with E-state index in [4.69, 9.17) is 0 Å². The maximum Gasteiger partial charge on any atom is 0.172 e. The van der Waals surface area contributed by atoms with Crippen molar-refractivity contribution in [2.45, 2.75) is 6.42 Å². The van der Waals surface area contributed by atoms with Crippen LogP contribution in [0.1, 0.15) is 6.42 Å². The van der Waals surface area contributed by atoms with Gasteiger partial charge in [-0.05, 0) is 0 Å². The van der Waals surface area contributed by atoms with E-state index in [1.807, 2.05) is 4.68 Å². The largest absolute Gasteiger partial charge is 0.199 e. The van der Waals surface area contributed by atoms with Crippen LogP contribution in [0.4, 0.5) is 0 Å². The number of hydrazone groups is 1. The Bertz CT molecular complexity index is 59.9. The third kappa shape index (κ3) is 0.506. The molecule has 0 aromatic heterocycles. The molecule has 1 aliphatic rings. The molecule has 2 nitrogen and oxygen atoms in total. The first-order valence-electron chi connectivity index (χ1n) is 2.21. The van der Waals surface area contributed by atoms with Crippen LogP contribution in [0.25, 0.3) is 0 Å². The molecule has 34 valence electrons. The van der Waals surface area contributed by atoms with Crippen LogP contribution in [-0.2, 0) is 0 Å². The van der Waals surface area contributed by atoms with Gasteiger partial charge >= 0.3 is 0 Å². The number of nitrogens with zero attached hydrogens (tertiary/aromatic N) is 1. The first-order valence-corrected chi connectivity index (χ1v) is 2.21. The molecule has 0 bridgehead atoms. The Hall–Kier alpha value is -0.530. The molecular weight excluding hydrogens is 76.1 g/mol. The molecule has 1 saturated heterocycles. The molecule has 1 rings (SSSR count). The molecule has 0 radical (unpaired) electrons. The zero-order valence-corrected chi connectivity index (χ0v) is 3.78. The molecule has 6 heavy (non-hydrogen) atoms. The van der Waals surface area contributed by atoms with Crippen molar-refractivity contribution in [3.63, 3.8) is 0 Å². The maximum absolute atomic E-state index is 3.66. The minimum Gasteiger partial charge on any atom is -0.199 e. The van der Waals surface area contributed by atoms with Crippen molar-refractivity contribution in [1.29, 1.82) is 0 Å². The summed E-state index contributed by atoms with van der Waals surface area (Å²) in [4.78, 5) is 0. The first kappa shape index (κ1) is 3.65. The molecular formula is C4H9N2+. The summed E-state index contributed by atoms with van der Waals surface area (Å²) in [5, 5.41) is 0. The van der Waals surface area contributed by atoms with E-state index in [-0.39, 0.29) is 0 Å². The van der Waals surface area contributed by atoms with Gasteiger partial charge in [0.1, 0.15) is 0 Å². The lowest BCUT2D eigenvalue weighted by molar-refractivity contribution is -0.556. The highest BCUT2D eigenvalue weighted by molar-refractivity contribution is 5.14. The van der Waals surface area contributed by atoms with Gasteiger partial charge in [-0.25, -0.2) is 0 Å². The lowest BCUT2D eigenvalue weighted by Crippen LogP contribution is -2.17. The van der Waals surface area contributed by atoms with Gasteiger partial charge in [0.25, 0.3) is 0 Å². The van der Waals surface area contributed by atoms with Crippen molar-refractivity contribution in [2.24, 2.45) is 0 Å². The van der Waals surface area contributed by atoms with Gasteiger partial charge in [0.15, 0.2) is 13.3 Å². The number of rotatable bonds is 0. The molecule has 0 atom stereocenters. The van der Waals surface area contributed by atoms with Crippen molar-refractivity contribution in [3.05, 3.63) is 0 Å². The number of hydrogen-bond acceptors (Lipinski definition) is 1. The maximum atomic E-state index is 3.66. The van der Waals surface area contributed by atoms with Crippen molar-refractivity contribution in [3.8, 4) is 0 Å². The van der Waals surface area contributed by atoms with Gasteiger partial charge in [0.05, 0.1) is 6.54 Å². The standard InChI is InChI=1S/C4H9N2/c1-6-4-2-3-5-6/h5H,1-4H2/q+1. The summed E-state index contributed by atoms with van der Waals surface area (Å²) in [6, 6.07) is 0. The molecule has 1 N–H and O–H groups in total. The van der Waals surface area contributed by atoms with Crippen LogP contribution in [-0.4, -0.2) is 24.5 Å². The molecule has 0 spiro atoms. The molecule has 0 saturated carbocycles. The SMILES string of the molecule is C=[N+]1CCCN1. The van der Waals surface area contributed by atoms with E-state index in [2.05, 4.69) is 12.1 Å². The Balaban J connectivity index is 2.37. The second-order valence-electron chi connectivity index (χ2n) is 1.53. The Kier molecular flexibility index (Phi) is 0.783. The second-order valence-corrected chi connectivity index (χ2v) is 1.53. The van der Waals surface area contributed by atoms with Gasteiger partial charge in [-0.2, -0.15) is 5.43 Å². The molecule has 1 fully saturated rings. The third-order valence-electron chi connectivity index (χ3n) is 0.940. The van der Waals surface area contributed by atoms with E-state index in [1.165, 1.54) is 6.42 Å². The van der Waals surface area contributed by atoms with E-state index < -0.39 is 0 Å². The smallest absolute Gasteiger partial charge is 0.172 e. The van der Waals surface area contributed by atoms with E-state index in [0.29, 0.717) is 0 Å². The fourth-order valence-electron chi connectivity index (χ4n) is 0.586. The average Bonchev–Trinajstić information content (AvgIpc) is 1.86. The van der Waals surface area contributed by atoms with Crippen LogP contribution in [0.5, 0.6) is 0 Å². The summed E-state index contributed by atoms with van der Waals surface area (Å²) in [6.45, 7) is 5.86. The fourth-order valence-corrected chi connectivity index (χ4v) is 0.586. The van der Waals surface area contributed by atoms with Gasteiger partial charge in [0.2, 0.25) is 0 Å². The van der Waals surface area contributed by atoms with Crippen LogP contribution < -0.4 is 5.43 Å². The van der Waals surface area contributed by atoms with Gasteiger partial charge < -0.3 is 0 Å². The molecule has 0 aliphatic carbocycles. The second kappa shape index (κ2) is 1.29. The Morgan fingerprint density at radius 2 is 2.50 bits per heavy atom. The minimum atomic E-state index is 1.10. The number of hydrazine groups is 1. The molecule has 0 amide bonds. The van der Waals surface area contributed by atoms with Crippen molar-refractivity contribution < 1.29 is 4.68 Å². The van der Waals surface area contributed by atoms with Crippen LogP contribution in [0.15, 0.2) is 0 Å². The first-order chi connectivity index (χ1) is 2.89. The topological polar surface area (TPSA) is 15.0 Å². The number of nitrogens with one attached hydrogen (secondary N) is 1. The number of hydrogen-bond donors (Lipinski definition) is 1. The Morgan fingerprint density at radius 3 is 2.67 bits per heavy atom. The molecule has 1 heterocycles. The molecule has 2 heteroatoms. The van der Waals surface area contributed by atoms with Crippen molar-refractivity contribution in [1.82, 2.24) is 5.43 Å². The van der Waals surface area contributed by atoms with E-state index in [0.717, 1.165) is 13.1 Å². The minimum absolute atomic E-state index is 1.10. The average molecular weight is 85.1 g/mol. The Morgan fingerprint density at radius 1 is 1.67 bits per heavy atom. The van der Waals surface area contributed by atoms with E-state index >= 15 is 0 Å². The quantitative estimate of drug-likeness (QED) is 0.396. The highest BCUT2D eigenvalue weighted by Crippen LogP contribution is 1.83. The summed E-state index contributed by atoms with van der Waals surface area (Å²) in [7, 11) is 0. The van der Waals surface area contributed by atoms with Crippen LogP contribution >= 0.6 is 0 Å². The highest BCUT2D eigenvalue weighted by atomic mass is 15.4. The molecule has 0 aromatic rings. The summed E-state index contributed by atoms with van der Waals surface area (Å²) in [5.41, 5.74) is 3.04. The zero-order valence-electron chi connectivity index (χ0n) is 3.78. The van der Waals surface area contributed by atoms with Crippen molar-refractivity contribution >= 4 is 6.72 Å². The van der Waals surface area contributed by atoms with Gasteiger partial charge in [-0.1, -0.05) is 0 Å². The normalized spacial score (nSPS) is 21.0. The molecule has 0 unspecified atom stereocenters. The van der Waals surface area contributed by atoms with Gasteiger partial charge in [0, 0.05) is 6.42 Å². The summed E-state index contributed by atoms with van der Waals surface area (Å²) in [5.74, 6) is 0. The Labute approximate surface area is 37.5 Å². The summed E-state index contributed by atoms with van der Waals surface area (Å²) < 4.78 is 1.86. The summed E-state index contributed by atoms with van der Waals surface area (Å²) in [6.07, 6.45) is 1.24. The zero-order chi connectivity index (χ0) is 4.41. The predicted molar refractivity (Wildman–Crippen MR) is 24.9 cm³/mol. The molecule has 0 aromatic carbocycles. The van der Waals surface area contributed by atoms with E-state index in [9.17, 15) is 0 Å². The van der Waals surface area contributed by atoms with Crippen LogP contribution in [0, 0.1) is 0 Å². The molecule has 1 aliphatic heterocycles. The monoisotopic (exact) mass is 85.1 g/mol. The highest BCUT2D eigenvalue weighted by Gasteiger charge is 2.05.